The van der Waals surface area contributed by atoms with E-state index in [9.17, 15) is 5.11 Å². The fourth-order valence-corrected chi connectivity index (χ4v) is 2.55. The van der Waals surface area contributed by atoms with E-state index in [1.165, 1.54) is 0 Å². The number of aromatic hydroxyl groups is 1. The van der Waals surface area contributed by atoms with Crippen LogP contribution >= 0.6 is 11.6 Å². The molecule has 1 aromatic heterocycles. The normalized spacial score (nSPS) is 11.1. The summed E-state index contributed by atoms with van der Waals surface area (Å²) in [4.78, 5) is 3.31. The van der Waals surface area contributed by atoms with Crippen molar-refractivity contribution in [1.29, 1.82) is 0 Å². The highest BCUT2D eigenvalue weighted by Gasteiger charge is 2.08. The van der Waals surface area contributed by atoms with Crippen molar-refractivity contribution in [2.45, 2.75) is 13.1 Å². The number of rotatable bonds is 4. The van der Waals surface area contributed by atoms with Crippen LogP contribution in [0.25, 0.3) is 10.9 Å². The van der Waals surface area contributed by atoms with Crippen molar-refractivity contribution in [3.8, 4) is 5.75 Å². The average molecular weight is 287 g/mol. The molecule has 0 fully saturated rings. The summed E-state index contributed by atoms with van der Waals surface area (Å²) in [5.74, 6) is 0.308. The number of halogens is 1. The van der Waals surface area contributed by atoms with Crippen molar-refractivity contribution in [3.05, 3.63) is 64.8 Å². The van der Waals surface area contributed by atoms with Crippen LogP contribution in [0.4, 0.5) is 0 Å². The Bertz CT molecular complexity index is 736. The molecule has 0 unspecified atom stereocenters. The number of hydrogen-bond acceptors (Lipinski definition) is 2. The smallest absolute Gasteiger partial charge is 0.120 e. The maximum Gasteiger partial charge on any atom is 0.120 e. The Kier molecular flexibility index (Phi) is 3.63. The molecule has 0 amide bonds. The van der Waals surface area contributed by atoms with Crippen LogP contribution in [0.1, 0.15) is 11.3 Å². The fourth-order valence-electron chi connectivity index (χ4n) is 2.27. The molecule has 0 bridgehead atoms. The van der Waals surface area contributed by atoms with Crippen molar-refractivity contribution in [2.24, 2.45) is 0 Å². The average Bonchev–Trinajstić information content (AvgIpc) is 2.78. The van der Waals surface area contributed by atoms with E-state index in [0.29, 0.717) is 18.8 Å². The van der Waals surface area contributed by atoms with Crippen LogP contribution in [0.15, 0.2) is 48.5 Å². The van der Waals surface area contributed by atoms with Gasteiger partial charge in [0.25, 0.3) is 0 Å². The largest absolute Gasteiger partial charge is 0.508 e. The van der Waals surface area contributed by atoms with E-state index in [2.05, 4.69) is 10.3 Å². The third kappa shape index (κ3) is 2.50. The van der Waals surface area contributed by atoms with Crippen LogP contribution in [0.5, 0.6) is 5.75 Å². The van der Waals surface area contributed by atoms with E-state index >= 15 is 0 Å². The van der Waals surface area contributed by atoms with Crippen LogP contribution in [-0.4, -0.2) is 10.1 Å². The minimum absolute atomic E-state index is 0.308. The van der Waals surface area contributed by atoms with Crippen molar-refractivity contribution >= 4 is 22.5 Å². The summed E-state index contributed by atoms with van der Waals surface area (Å²) in [5.41, 5.74) is 2.87. The molecule has 0 spiro atoms. The third-order valence-electron chi connectivity index (χ3n) is 3.32. The second-order valence-corrected chi connectivity index (χ2v) is 5.07. The Balaban J connectivity index is 1.71. The first kappa shape index (κ1) is 13.0. The Morgan fingerprint density at radius 1 is 1.00 bits per heavy atom. The minimum atomic E-state index is 0.308. The van der Waals surface area contributed by atoms with Crippen LogP contribution < -0.4 is 5.32 Å². The van der Waals surface area contributed by atoms with Gasteiger partial charge in [-0.3, -0.25) is 0 Å². The van der Waals surface area contributed by atoms with Gasteiger partial charge in [-0.2, -0.15) is 0 Å². The van der Waals surface area contributed by atoms with E-state index in [1.54, 1.807) is 6.07 Å². The number of benzene rings is 2. The summed E-state index contributed by atoms with van der Waals surface area (Å²) >= 11 is 6.35. The summed E-state index contributed by atoms with van der Waals surface area (Å²) < 4.78 is 0. The number of hydrogen-bond donors (Lipinski definition) is 3. The molecule has 0 saturated heterocycles. The predicted molar refractivity (Wildman–Crippen MR) is 82.0 cm³/mol. The minimum Gasteiger partial charge on any atom is -0.508 e. The van der Waals surface area contributed by atoms with E-state index in [1.807, 2.05) is 42.5 Å². The number of fused-ring (bicyclic) bond motifs is 1. The molecule has 0 aliphatic heterocycles. The molecular weight excluding hydrogens is 272 g/mol. The topological polar surface area (TPSA) is 48.0 Å². The van der Waals surface area contributed by atoms with Gasteiger partial charge in [0.05, 0.1) is 5.02 Å². The van der Waals surface area contributed by atoms with Gasteiger partial charge in [0, 0.05) is 35.2 Å². The van der Waals surface area contributed by atoms with E-state index in [4.69, 9.17) is 11.6 Å². The highest BCUT2D eigenvalue weighted by molar-refractivity contribution is 6.36. The standard InChI is InChI=1S/C16H15ClN2O/c17-16-12-6-2-3-7-13(12)19-14(16)10-18-9-11-5-1-4-8-15(11)20/h1-8,18-20H,9-10H2. The van der Waals surface area contributed by atoms with E-state index in [0.717, 1.165) is 27.2 Å². The molecule has 0 atom stereocenters. The van der Waals surface area contributed by atoms with Gasteiger partial charge in [-0.25, -0.2) is 0 Å². The molecule has 3 nitrogen and oxygen atoms in total. The van der Waals surface area contributed by atoms with Crippen LogP contribution in [0.2, 0.25) is 5.02 Å². The Morgan fingerprint density at radius 2 is 1.75 bits per heavy atom. The summed E-state index contributed by atoms with van der Waals surface area (Å²) in [6, 6.07) is 15.3. The molecule has 4 heteroatoms. The maximum absolute atomic E-state index is 9.70. The van der Waals surface area contributed by atoms with Gasteiger partial charge in [-0.15, -0.1) is 0 Å². The highest BCUT2D eigenvalue weighted by Crippen LogP contribution is 2.27. The summed E-state index contributed by atoms with van der Waals surface area (Å²) in [6.45, 7) is 1.22. The number of aromatic nitrogens is 1. The molecule has 0 aliphatic carbocycles. The molecule has 0 saturated carbocycles. The lowest BCUT2D eigenvalue weighted by molar-refractivity contribution is 0.464. The van der Waals surface area contributed by atoms with E-state index in [-0.39, 0.29) is 0 Å². The van der Waals surface area contributed by atoms with Crippen molar-refractivity contribution < 1.29 is 5.11 Å². The SMILES string of the molecule is Oc1ccccc1CNCc1[nH]c2ccccc2c1Cl. The van der Waals surface area contributed by atoms with Gasteiger partial charge in [-0.05, 0) is 12.1 Å². The molecule has 3 rings (SSSR count). The van der Waals surface area contributed by atoms with Gasteiger partial charge in [0.1, 0.15) is 5.75 Å². The fraction of sp³-hybridized carbons (Fsp3) is 0.125. The zero-order chi connectivity index (χ0) is 13.9. The lowest BCUT2D eigenvalue weighted by Crippen LogP contribution is -2.13. The van der Waals surface area contributed by atoms with Crippen molar-refractivity contribution in [1.82, 2.24) is 10.3 Å². The first-order chi connectivity index (χ1) is 9.75. The monoisotopic (exact) mass is 286 g/mol. The Morgan fingerprint density at radius 3 is 2.55 bits per heavy atom. The molecule has 2 aromatic carbocycles. The molecule has 0 aliphatic rings. The quantitative estimate of drug-likeness (QED) is 0.683. The second kappa shape index (κ2) is 5.57. The van der Waals surface area contributed by atoms with Crippen molar-refractivity contribution in [2.75, 3.05) is 0 Å². The first-order valence-electron chi connectivity index (χ1n) is 6.48. The van der Waals surface area contributed by atoms with Crippen LogP contribution in [-0.2, 0) is 13.1 Å². The molecule has 1 heterocycles. The Hall–Kier alpha value is -1.97. The van der Waals surface area contributed by atoms with Gasteiger partial charge >= 0.3 is 0 Å². The molecule has 102 valence electrons. The number of para-hydroxylation sites is 2. The van der Waals surface area contributed by atoms with Crippen molar-refractivity contribution in [3.63, 3.8) is 0 Å². The summed E-state index contributed by atoms with van der Waals surface area (Å²) in [5, 5.41) is 14.8. The van der Waals surface area contributed by atoms with Crippen LogP contribution in [0, 0.1) is 0 Å². The Labute approximate surface area is 122 Å². The molecule has 3 aromatic rings. The first-order valence-corrected chi connectivity index (χ1v) is 6.86. The second-order valence-electron chi connectivity index (χ2n) is 4.70. The highest BCUT2D eigenvalue weighted by atomic mass is 35.5. The molecule has 20 heavy (non-hydrogen) atoms. The number of H-pyrrole nitrogens is 1. The lowest BCUT2D eigenvalue weighted by Gasteiger charge is -2.06. The van der Waals surface area contributed by atoms with Gasteiger partial charge < -0.3 is 15.4 Å². The molecular formula is C16H15ClN2O. The maximum atomic E-state index is 9.70. The number of nitrogens with one attached hydrogen (secondary N) is 2. The number of aromatic amines is 1. The predicted octanol–water partition coefficient (Wildman–Crippen LogP) is 3.82. The summed E-state index contributed by atoms with van der Waals surface area (Å²) in [6.07, 6.45) is 0. The van der Waals surface area contributed by atoms with E-state index < -0.39 is 0 Å². The van der Waals surface area contributed by atoms with Gasteiger partial charge in [0.2, 0.25) is 0 Å². The number of phenols is 1. The summed E-state index contributed by atoms with van der Waals surface area (Å²) in [7, 11) is 0. The van der Waals surface area contributed by atoms with Gasteiger partial charge in [-0.1, -0.05) is 48.0 Å². The number of phenolic OH excluding ortho intramolecular Hbond substituents is 1. The van der Waals surface area contributed by atoms with Crippen LogP contribution in [0.3, 0.4) is 0 Å². The van der Waals surface area contributed by atoms with Gasteiger partial charge in [0.15, 0.2) is 0 Å². The third-order valence-corrected chi connectivity index (χ3v) is 3.75. The lowest BCUT2D eigenvalue weighted by atomic mass is 10.2. The molecule has 0 radical (unpaired) electrons. The zero-order valence-electron chi connectivity index (χ0n) is 10.9. The molecule has 3 N–H and O–H groups in total. The zero-order valence-corrected chi connectivity index (χ0v) is 11.6.